The molecular formula is C20H23N3O3. The number of methoxy groups -OCH3 is 1. The number of nitrogens with zero attached hydrogens (tertiary/aromatic N) is 1. The molecule has 1 aromatic heterocycles. The Hall–Kier alpha value is -2.73. The van der Waals surface area contributed by atoms with Crippen molar-refractivity contribution in [2.45, 2.75) is 32.2 Å². The Bertz CT molecular complexity index is 835. The Morgan fingerprint density at radius 3 is 2.85 bits per heavy atom. The topological polar surface area (TPSA) is 94.3 Å². The summed E-state index contributed by atoms with van der Waals surface area (Å²) in [5.41, 5.74) is 9.78. The molecule has 1 aliphatic rings. The summed E-state index contributed by atoms with van der Waals surface area (Å²) in [6, 6.07) is 8.79. The van der Waals surface area contributed by atoms with Gasteiger partial charge in [0.25, 0.3) is 0 Å². The Morgan fingerprint density at radius 2 is 2.08 bits per heavy atom. The van der Waals surface area contributed by atoms with Gasteiger partial charge in [-0.2, -0.15) is 0 Å². The highest BCUT2D eigenvalue weighted by Crippen LogP contribution is 2.32. The smallest absolute Gasteiger partial charge is 0.337 e. The predicted molar refractivity (Wildman–Crippen MR) is 99.6 cm³/mol. The molecule has 0 spiro atoms. The number of carbonyl (C=O) groups is 2. The van der Waals surface area contributed by atoms with Gasteiger partial charge in [0.15, 0.2) is 0 Å². The van der Waals surface area contributed by atoms with Gasteiger partial charge in [-0.25, -0.2) is 4.79 Å². The van der Waals surface area contributed by atoms with E-state index in [0.29, 0.717) is 11.3 Å². The van der Waals surface area contributed by atoms with Crippen LogP contribution in [-0.2, 0) is 9.53 Å². The average Bonchev–Trinajstić information content (AvgIpc) is 2.66. The normalized spacial score (nSPS) is 20.2. The van der Waals surface area contributed by atoms with Crippen molar-refractivity contribution in [3.63, 3.8) is 0 Å². The SMILES string of the molecule is COC(=O)c1ccc2c(c1)NC(=O)[C@H](C)CCC[C@H](N)c1cc-2ccn1. The maximum absolute atomic E-state index is 12.6. The van der Waals surface area contributed by atoms with Crippen molar-refractivity contribution in [1.29, 1.82) is 0 Å². The number of hydrogen-bond donors (Lipinski definition) is 2. The van der Waals surface area contributed by atoms with E-state index in [2.05, 4.69) is 10.3 Å². The molecule has 0 unspecified atom stereocenters. The molecule has 26 heavy (non-hydrogen) atoms. The zero-order valence-corrected chi connectivity index (χ0v) is 15.0. The van der Waals surface area contributed by atoms with Crippen LogP contribution >= 0.6 is 0 Å². The van der Waals surface area contributed by atoms with Gasteiger partial charge in [-0.15, -0.1) is 0 Å². The zero-order chi connectivity index (χ0) is 18.7. The maximum Gasteiger partial charge on any atom is 0.337 e. The Morgan fingerprint density at radius 1 is 1.27 bits per heavy atom. The molecule has 3 rings (SSSR count). The summed E-state index contributed by atoms with van der Waals surface area (Å²) in [4.78, 5) is 28.9. The summed E-state index contributed by atoms with van der Waals surface area (Å²) in [7, 11) is 1.33. The first kappa shape index (κ1) is 18.1. The first-order chi connectivity index (χ1) is 12.5. The number of nitrogens with one attached hydrogen (secondary N) is 1. The second-order valence-electron chi connectivity index (χ2n) is 6.65. The minimum absolute atomic E-state index is 0.0725. The van der Waals surface area contributed by atoms with Crippen LogP contribution in [0.1, 0.15) is 48.3 Å². The van der Waals surface area contributed by atoms with Gasteiger partial charge in [0, 0.05) is 29.4 Å². The van der Waals surface area contributed by atoms with Gasteiger partial charge in [0.1, 0.15) is 0 Å². The van der Waals surface area contributed by atoms with E-state index in [4.69, 9.17) is 10.5 Å². The fourth-order valence-electron chi connectivity index (χ4n) is 3.14. The van der Waals surface area contributed by atoms with Gasteiger partial charge < -0.3 is 15.8 Å². The van der Waals surface area contributed by atoms with Gasteiger partial charge in [-0.1, -0.05) is 19.4 Å². The lowest BCUT2D eigenvalue weighted by molar-refractivity contribution is -0.119. The van der Waals surface area contributed by atoms with Crippen molar-refractivity contribution < 1.29 is 14.3 Å². The molecule has 1 aromatic carbocycles. The largest absolute Gasteiger partial charge is 0.465 e. The van der Waals surface area contributed by atoms with Crippen molar-refractivity contribution in [2.75, 3.05) is 12.4 Å². The minimum Gasteiger partial charge on any atom is -0.465 e. The molecule has 3 N–H and O–H groups in total. The molecule has 0 aliphatic carbocycles. The molecule has 0 radical (unpaired) electrons. The number of hydrogen-bond acceptors (Lipinski definition) is 5. The summed E-state index contributed by atoms with van der Waals surface area (Å²) in [6.45, 7) is 1.90. The van der Waals surface area contributed by atoms with E-state index in [1.807, 2.05) is 25.1 Å². The van der Waals surface area contributed by atoms with Gasteiger partial charge in [0.2, 0.25) is 5.91 Å². The monoisotopic (exact) mass is 353 g/mol. The number of pyridine rings is 1. The molecule has 136 valence electrons. The summed E-state index contributed by atoms with van der Waals surface area (Å²) in [6.07, 6.45) is 4.09. The predicted octanol–water partition coefficient (Wildman–Crippen LogP) is 3.29. The van der Waals surface area contributed by atoms with Gasteiger partial charge in [0.05, 0.1) is 18.4 Å². The summed E-state index contributed by atoms with van der Waals surface area (Å²) < 4.78 is 4.79. The first-order valence-electron chi connectivity index (χ1n) is 8.74. The number of esters is 1. The lowest BCUT2D eigenvalue weighted by Crippen LogP contribution is -2.22. The van der Waals surface area contributed by atoms with E-state index in [9.17, 15) is 9.59 Å². The number of nitrogens with two attached hydrogens (primary N) is 1. The van der Waals surface area contributed by atoms with E-state index >= 15 is 0 Å². The summed E-state index contributed by atoms with van der Waals surface area (Å²) in [5, 5.41) is 2.97. The van der Waals surface area contributed by atoms with Gasteiger partial charge >= 0.3 is 5.97 Å². The number of amides is 1. The molecule has 2 bridgehead atoms. The minimum atomic E-state index is -0.446. The molecule has 0 saturated carbocycles. The fourth-order valence-corrected chi connectivity index (χ4v) is 3.14. The van der Waals surface area contributed by atoms with Gasteiger partial charge in [-0.05, 0) is 42.7 Å². The Kier molecular flexibility index (Phi) is 5.32. The molecule has 1 aliphatic heterocycles. The van der Waals surface area contributed by atoms with Crippen LogP contribution in [0.4, 0.5) is 5.69 Å². The number of fused-ring (bicyclic) bond motifs is 4. The average molecular weight is 353 g/mol. The molecule has 2 aromatic rings. The lowest BCUT2D eigenvalue weighted by Gasteiger charge is -2.19. The van der Waals surface area contributed by atoms with E-state index in [1.54, 1.807) is 18.3 Å². The molecule has 1 amide bonds. The zero-order valence-electron chi connectivity index (χ0n) is 15.0. The van der Waals surface area contributed by atoms with E-state index in [-0.39, 0.29) is 17.9 Å². The third-order valence-corrected chi connectivity index (χ3v) is 4.77. The highest BCUT2D eigenvalue weighted by molar-refractivity contribution is 5.99. The van der Waals surface area contributed by atoms with Crippen LogP contribution in [-0.4, -0.2) is 24.0 Å². The van der Waals surface area contributed by atoms with Crippen molar-refractivity contribution in [2.24, 2.45) is 11.7 Å². The van der Waals surface area contributed by atoms with Crippen LogP contribution in [0.25, 0.3) is 11.1 Å². The van der Waals surface area contributed by atoms with Crippen LogP contribution in [0.15, 0.2) is 36.5 Å². The van der Waals surface area contributed by atoms with Crippen molar-refractivity contribution >= 4 is 17.6 Å². The molecule has 2 atom stereocenters. The van der Waals surface area contributed by atoms with Crippen LogP contribution < -0.4 is 11.1 Å². The number of anilines is 1. The van der Waals surface area contributed by atoms with Gasteiger partial charge in [-0.3, -0.25) is 9.78 Å². The molecular weight excluding hydrogens is 330 g/mol. The third-order valence-electron chi connectivity index (χ3n) is 4.77. The fraction of sp³-hybridized carbons (Fsp3) is 0.350. The highest BCUT2D eigenvalue weighted by atomic mass is 16.5. The first-order valence-corrected chi connectivity index (χ1v) is 8.74. The molecule has 6 heteroatoms. The van der Waals surface area contributed by atoms with E-state index in [0.717, 1.165) is 36.1 Å². The van der Waals surface area contributed by atoms with Crippen molar-refractivity contribution in [1.82, 2.24) is 4.98 Å². The Labute approximate surface area is 152 Å². The van der Waals surface area contributed by atoms with Crippen LogP contribution in [0.3, 0.4) is 0 Å². The number of ether oxygens (including phenoxy) is 1. The van der Waals surface area contributed by atoms with E-state index < -0.39 is 5.97 Å². The number of rotatable bonds is 1. The standard InChI is InChI=1S/C20H23N3O3/c1-12-4-3-5-16(21)18-10-13(8-9-22-18)15-7-6-14(20(25)26-2)11-17(15)23-19(12)24/h6-12,16H,3-5,21H2,1-2H3,(H,23,24)/t12-,16+/m1/s1. The number of benzene rings is 1. The molecule has 0 saturated heterocycles. The Balaban J connectivity index is 2.13. The van der Waals surface area contributed by atoms with Crippen molar-refractivity contribution in [3.8, 4) is 11.1 Å². The highest BCUT2D eigenvalue weighted by Gasteiger charge is 2.20. The second kappa shape index (κ2) is 7.66. The van der Waals surface area contributed by atoms with Crippen LogP contribution in [0.2, 0.25) is 0 Å². The molecule has 6 nitrogen and oxygen atoms in total. The van der Waals surface area contributed by atoms with E-state index in [1.165, 1.54) is 7.11 Å². The van der Waals surface area contributed by atoms with Crippen molar-refractivity contribution in [3.05, 3.63) is 47.8 Å². The van der Waals surface area contributed by atoms with Crippen LogP contribution in [0.5, 0.6) is 0 Å². The molecule has 0 fully saturated rings. The quantitative estimate of drug-likeness (QED) is 0.767. The molecule has 2 heterocycles. The summed E-state index contributed by atoms with van der Waals surface area (Å²) in [5.74, 6) is -0.669. The second-order valence-corrected chi connectivity index (χ2v) is 6.65. The summed E-state index contributed by atoms with van der Waals surface area (Å²) >= 11 is 0. The lowest BCUT2D eigenvalue weighted by atomic mass is 9.95. The number of aromatic nitrogens is 1. The van der Waals surface area contributed by atoms with Crippen LogP contribution in [0, 0.1) is 5.92 Å². The number of carbonyl (C=O) groups excluding carboxylic acids is 2. The third kappa shape index (κ3) is 3.75. The maximum atomic E-state index is 12.6.